The second-order valence-electron chi connectivity index (χ2n) is 12.1. The molecule has 0 fully saturated rings. The normalized spacial score (nSPS) is 11.6. The van der Waals surface area contributed by atoms with Crippen LogP contribution in [0.25, 0.3) is 90.9 Å². The standard InChI is InChI=1S/C45H30N4O/c1-2-34-35-23-12-13-27-39(35)49(33-21-10-5-11-22-33)40(34)29-28-30-20-14-24-36-37-25-15-26-38(42(37)50-41(30)36)45-47-43(31-16-6-3-7-17-31)46-44(48-45)32-18-8-4-9-19-32/h2-29H,1H2/b29-28-. The van der Waals surface area contributed by atoms with Crippen molar-refractivity contribution < 1.29 is 4.42 Å². The first-order valence-corrected chi connectivity index (χ1v) is 16.6. The van der Waals surface area contributed by atoms with Crippen molar-refractivity contribution >= 4 is 51.1 Å². The van der Waals surface area contributed by atoms with Gasteiger partial charge in [-0.2, -0.15) is 0 Å². The van der Waals surface area contributed by atoms with Crippen molar-refractivity contribution in [3.63, 3.8) is 0 Å². The maximum Gasteiger partial charge on any atom is 0.167 e. The summed E-state index contributed by atoms with van der Waals surface area (Å²) in [7, 11) is 0. The van der Waals surface area contributed by atoms with Gasteiger partial charge in [0.15, 0.2) is 17.5 Å². The summed E-state index contributed by atoms with van der Waals surface area (Å²) in [6.07, 6.45) is 6.24. The lowest BCUT2D eigenvalue weighted by Gasteiger charge is -2.09. The van der Waals surface area contributed by atoms with Crippen molar-refractivity contribution in [3.05, 3.63) is 175 Å². The van der Waals surface area contributed by atoms with Gasteiger partial charge < -0.3 is 8.98 Å². The van der Waals surface area contributed by atoms with E-state index in [0.29, 0.717) is 17.5 Å². The first-order chi connectivity index (χ1) is 24.8. The van der Waals surface area contributed by atoms with Crippen molar-refractivity contribution in [2.75, 3.05) is 0 Å². The number of fused-ring (bicyclic) bond motifs is 4. The molecule has 50 heavy (non-hydrogen) atoms. The van der Waals surface area contributed by atoms with Crippen LogP contribution in [0, 0.1) is 0 Å². The predicted octanol–water partition coefficient (Wildman–Crippen LogP) is 11.5. The van der Waals surface area contributed by atoms with E-state index >= 15 is 0 Å². The van der Waals surface area contributed by atoms with Crippen molar-refractivity contribution in [2.45, 2.75) is 0 Å². The highest BCUT2D eigenvalue weighted by molar-refractivity contribution is 6.11. The summed E-state index contributed by atoms with van der Waals surface area (Å²) in [6, 6.07) is 51.3. The molecule has 0 N–H and O–H groups in total. The van der Waals surface area contributed by atoms with Gasteiger partial charge in [0, 0.05) is 44.1 Å². The molecule has 0 saturated heterocycles. The van der Waals surface area contributed by atoms with E-state index in [-0.39, 0.29) is 0 Å². The summed E-state index contributed by atoms with van der Waals surface area (Å²) >= 11 is 0. The number of rotatable bonds is 7. The Morgan fingerprint density at radius 3 is 1.74 bits per heavy atom. The molecule has 5 heteroatoms. The molecule has 5 nitrogen and oxygen atoms in total. The Balaban J connectivity index is 1.22. The Hall–Kier alpha value is -6.85. The molecule has 0 unspecified atom stereocenters. The molecular weight excluding hydrogens is 613 g/mol. The SMILES string of the molecule is C=Cc1c(/C=C\c2cccc3c2oc2c(-c4nc(-c5ccccc5)nc(-c5ccccc5)n4)cccc23)n(-c2ccccc2)c2ccccc12. The highest BCUT2D eigenvalue weighted by Gasteiger charge is 2.19. The third-order valence-corrected chi connectivity index (χ3v) is 9.09. The van der Waals surface area contributed by atoms with E-state index in [4.69, 9.17) is 19.4 Å². The molecule has 0 spiro atoms. The summed E-state index contributed by atoms with van der Waals surface area (Å²) in [4.78, 5) is 14.9. The minimum Gasteiger partial charge on any atom is -0.455 e. The molecule has 3 heterocycles. The first-order valence-electron chi connectivity index (χ1n) is 16.6. The summed E-state index contributed by atoms with van der Waals surface area (Å²) in [5, 5.41) is 3.18. The maximum absolute atomic E-state index is 6.80. The fourth-order valence-corrected chi connectivity index (χ4v) is 6.77. The molecule has 0 radical (unpaired) electrons. The molecule has 0 amide bonds. The first kappa shape index (κ1) is 29.3. The number of nitrogens with zero attached hydrogens (tertiary/aromatic N) is 4. The van der Waals surface area contributed by atoms with Gasteiger partial charge in [-0.05, 0) is 36.4 Å². The van der Waals surface area contributed by atoms with Gasteiger partial charge >= 0.3 is 0 Å². The summed E-state index contributed by atoms with van der Waals surface area (Å²) in [5.74, 6) is 1.78. The second-order valence-corrected chi connectivity index (χ2v) is 12.1. The number of para-hydroxylation sites is 4. The molecule has 0 saturated carbocycles. The molecule has 0 aliphatic carbocycles. The van der Waals surface area contributed by atoms with Crippen LogP contribution in [0.3, 0.4) is 0 Å². The van der Waals surface area contributed by atoms with E-state index in [1.807, 2.05) is 84.9 Å². The fourth-order valence-electron chi connectivity index (χ4n) is 6.77. The van der Waals surface area contributed by atoms with Crippen LogP contribution in [0.1, 0.15) is 16.8 Å². The van der Waals surface area contributed by atoms with Gasteiger partial charge in [0.2, 0.25) is 0 Å². The molecule has 236 valence electrons. The number of hydrogen-bond donors (Lipinski definition) is 0. The van der Waals surface area contributed by atoms with E-state index in [2.05, 4.69) is 96.1 Å². The summed E-state index contributed by atoms with van der Waals surface area (Å²) in [5.41, 5.74) is 9.50. The zero-order valence-electron chi connectivity index (χ0n) is 27.1. The van der Waals surface area contributed by atoms with Gasteiger partial charge in [-0.3, -0.25) is 0 Å². The Labute approximate surface area is 289 Å². The molecule has 0 atom stereocenters. The zero-order chi connectivity index (χ0) is 33.4. The lowest BCUT2D eigenvalue weighted by atomic mass is 10.1. The average molecular weight is 643 g/mol. The van der Waals surface area contributed by atoms with Crippen LogP contribution in [-0.4, -0.2) is 19.5 Å². The molecule has 0 aliphatic heterocycles. The molecule has 0 bridgehead atoms. The lowest BCUT2D eigenvalue weighted by Crippen LogP contribution is -2.00. The monoisotopic (exact) mass is 642 g/mol. The maximum atomic E-state index is 6.80. The Bertz CT molecular complexity index is 2650. The summed E-state index contributed by atoms with van der Waals surface area (Å²) in [6.45, 7) is 4.19. The Kier molecular flexibility index (Phi) is 7.21. The van der Waals surface area contributed by atoms with E-state index < -0.39 is 0 Å². The third-order valence-electron chi connectivity index (χ3n) is 9.09. The summed E-state index contributed by atoms with van der Waals surface area (Å²) < 4.78 is 9.09. The second kappa shape index (κ2) is 12.3. The van der Waals surface area contributed by atoms with Crippen LogP contribution in [0.15, 0.2) is 163 Å². The van der Waals surface area contributed by atoms with E-state index in [9.17, 15) is 0 Å². The molecule has 0 aliphatic rings. The van der Waals surface area contributed by atoms with E-state index in [0.717, 1.165) is 72.0 Å². The highest BCUT2D eigenvalue weighted by Crippen LogP contribution is 2.38. The van der Waals surface area contributed by atoms with Crippen LogP contribution in [0.4, 0.5) is 0 Å². The van der Waals surface area contributed by atoms with E-state index in [1.54, 1.807) is 0 Å². The van der Waals surface area contributed by atoms with Crippen molar-refractivity contribution in [2.24, 2.45) is 0 Å². The topological polar surface area (TPSA) is 56.7 Å². The fraction of sp³-hybridized carbons (Fsp3) is 0. The minimum atomic E-state index is 0.558. The van der Waals surface area contributed by atoms with E-state index in [1.165, 1.54) is 0 Å². The smallest absolute Gasteiger partial charge is 0.167 e. The van der Waals surface area contributed by atoms with Gasteiger partial charge in [0.1, 0.15) is 11.2 Å². The highest BCUT2D eigenvalue weighted by atomic mass is 16.3. The van der Waals surface area contributed by atoms with Gasteiger partial charge in [-0.1, -0.05) is 140 Å². The van der Waals surface area contributed by atoms with Gasteiger partial charge in [-0.25, -0.2) is 15.0 Å². The number of hydrogen-bond acceptors (Lipinski definition) is 4. The van der Waals surface area contributed by atoms with Gasteiger partial charge in [0.05, 0.1) is 16.8 Å². The number of aromatic nitrogens is 4. The predicted molar refractivity (Wildman–Crippen MR) is 206 cm³/mol. The molecule has 3 aromatic heterocycles. The largest absolute Gasteiger partial charge is 0.455 e. The van der Waals surface area contributed by atoms with Gasteiger partial charge in [-0.15, -0.1) is 0 Å². The number of benzene rings is 6. The quantitative estimate of drug-likeness (QED) is 0.174. The van der Waals surface area contributed by atoms with Gasteiger partial charge in [0.25, 0.3) is 0 Å². The average Bonchev–Trinajstić information content (AvgIpc) is 3.74. The van der Waals surface area contributed by atoms with Crippen LogP contribution in [-0.2, 0) is 0 Å². The van der Waals surface area contributed by atoms with Crippen LogP contribution < -0.4 is 0 Å². The molecular formula is C45H30N4O. The van der Waals surface area contributed by atoms with Crippen molar-refractivity contribution in [1.29, 1.82) is 0 Å². The van der Waals surface area contributed by atoms with Crippen LogP contribution >= 0.6 is 0 Å². The molecule has 9 aromatic rings. The molecule has 6 aromatic carbocycles. The van der Waals surface area contributed by atoms with Crippen LogP contribution in [0.2, 0.25) is 0 Å². The Morgan fingerprint density at radius 2 is 1.06 bits per heavy atom. The zero-order valence-corrected chi connectivity index (χ0v) is 27.1. The number of furan rings is 1. The third kappa shape index (κ3) is 5.00. The van der Waals surface area contributed by atoms with Crippen molar-refractivity contribution in [1.82, 2.24) is 19.5 Å². The Morgan fingerprint density at radius 1 is 0.500 bits per heavy atom. The van der Waals surface area contributed by atoms with Crippen molar-refractivity contribution in [3.8, 4) is 39.9 Å². The minimum absolute atomic E-state index is 0.558. The lowest BCUT2D eigenvalue weighted by molar-refractivity contribution is 0.668. The molecule has 9 rings (SSSR count). The van der Waals surface area contributed by atoms with Crippen LogP contribution in [0.5, 0.6) is 0 Å².